The molecule has 0 aliphatic rings. The Hall–Kier alpha value is -2.17. The van der Waals surface area contributed by atoms with Crippen LogP contribution in [0, 0.1) is 0 Å². The summed E-state index contributed by atoms with van der Waals surface area (Å²) in [7, 11) is 0. The van der Waals surface area contributed by atoms with Crippen LogP contribution in [0.4, 0.5) is 0 Å². The van der Waals surface area contributed by atoms with Crippen LogP contribution in [-0.4, -0.2) is 26.5 Å². The number of amides is 1. The number of nitrogens with zero attached hydrogens (tertiary/aromatic N) is 3. The van der Waals surface area contributed by atoms with Crippen molar-refractivity contribution in [3.63, 3.8) is 0 Å². The Morgan fingerprint density at radius 3 is 3.00 bits per heavy atom. The highest BCUT2D eigenvalue weighted by Crippen LogP contribution is 2.14. The molecule has 0 bridgehead atoms. The molecule has 1 amide bonds. The van der Waals surface area contributed by atoms with Gasteiger partial charge in [0.25, 0.3) is 0 Å². The molecule has 2 heterocycles. The fourth-order valence-electron chi connectivity index (χ4n) is 1.64. The summed E-state index contributed by atoms with van der Waals surface area (Å²) in [6, 6.07) is 3.95. The third kappa shape index (κ3) is 3.16. The molecule has 0 saturated carbocycles. The number of hydrogen-bond acceptors (Lipinski definition) is 3. The van der Waals surface area contributed by atoms with Crippen LogP contribution >= 0.6 is 0 Å². The van der Waals surface area contributed by atoms with Gasteiger partial charge in [0.15, 0.2) is 0 Å². The molecule has 2 aromatic heterocycles. The van der Waals surface area contributed by atoms with Crippen LogP contribution < -0.4 is 5.32 Å². The highest BCUT2D eigenvalue weighted by Gasteiger charge is 2.06. The van der Waals surface area contributed by atoms with Crippen LogP contribution in [0.25, 0.3) is 11.3 Å². The van der Waals surface area contributed by atoms with Crippen LogP contribution in [-0.2, 0) is 11.3 Å². The van der Waals surface area contributed by atoms with E-state index in [0.29, 0.717) is 0 Å². The van der Waals surface area contributed by atoms with Crippen molar-refractivity contribution in [2.45, 2.75) is 26.4 Å². The van der Waals surface area contributed by atoms with Crippen LogP contribution in [0.1, 0.15) is 13.8 Å². The fraction of sp³-hybridized carbons (Fsp3) is 0.308. The molecule has 0 unspecified atom stereocenters. The molecular weight excluding hydrogens is 228 g/mol. The predicted octanol–water partition coefficient (Wildman–Crippen LogP) is 1.47. The van der Waals surface area contributed by atoms with Gasteiger partial charge in [0.05, 0.1) is 12.0 Å². The van der Waals surface area contributed by atoms with E-state index in [2.05, 4.69) is 15.3 Å². The number of nitrogens with one attached hydrogen (secondary N) is 1. The molecular formula is C13H16N4O. The van der Waals surface area contributed by atoms with Gasteiger partial charge in [-0.1, -0.05) is 0 Å². The lowest BCUT2D eigenvalue weighted by Crippen LogP contribution is -2.32. The van der Waals surface area contributed by atoms with E-state index in [4.69, 9.17) is 0 Å². The largest absolute Gasteiger partial charge is 0.352 e. The summed E-state index contributed by atoms with van der Waals surface area (Å²) >= 11 is 0. The van der Waals surface area contributed by atoms with Gasteiger partial charge in [-0.3, -0.25) is 9.78 Å². The van der Waals surface area contributed by atoms with E-state index in [1.807, 2.05) is 32.2 Å². The molecule has 0 aliphatic heterocycles. The highest BCUT2D eigenvalue weighted by atomic mass is 16.2. The van der Waals surface area contributed by atoms with Gasteiger partial charge in [0.1, 0.15) is 6.54 Å². The van der Waals surface area contributed by atoms with Crippen molar-refractivity contribution in [3.8, 4) is 11.3 Å². The van der Waals surface area contributed by atoms with E-state index < -0.39 is 0 Å². The number of carbonyl (C=O) groups is 1. The Morgan fingerprint density at radius 2 is 2.33 bits per heavy atom. The average molecular weight is 244 g/mol. The van der Waals surface area contributed by atoms with Crippen molar-refractivity contribution in [1.82, 2.24) is 19.9 Å². The maximum Gasteiger partial charge on any atom is 0.240 e. The number of carbonyl (C=O) groups excluding carboxylic acids is 1. The van der Waals surface area contributed by atoms with Crippen molar-refractivity contribution in [2.75, 3.05) is 0 Å². The van der Waals surface area contributed by atoms with E-state index in [0.717, 1.165) is 11.3 Å². The summed E-state index contributed by atoms with van der Waals surface area (Å²) in [6.07, 6.45) is 6.97. The monoisotopic (exact) mass is 244 g/mol. The minimum atomic E-state index is -0.0138. The first-order valence-electron chi connectivity index (χ1n) is 5.86. The molecule has 0 radical (unpaired) electrons. The third-order valence-corrected chi connectivity index (χ3v) is 2.37. The number of imidazole rings is 1. The van der Waals surface area contributed by atoms with Crippen LogP contribution in [0.15, 0.2) is 37.1 Å². The normalized spacial score (nSPS) is 10.6. The topological polar surface area (TPSA) is 59.8 Å². The number of rotatable bonds is 4. The van der Waals surface area contributed by atoms with Gasteiger partial charge in [0, 0.05) is 30.2 Å². The van der Waals surface area contributed by atoms with Gasteiger partial charge in [-0.15, -0.1) is 0 Å². The molecule has 2 rings (SSSR count). The smallest absolute Gasteiger partial charge is 0.240 e. The van der Waals surface area contributed by atoms with E-state index in [9.17, 15) is 4.79 Å². The Morgan fingerprint density at radius 1 is 1.50 bits per heavy atom. The molecule has 0 spiro atoms. The second-order valence-corrected chi connectivity index (χ2v) is 4.40. The van der Waals surface area contributed by atoms with E-state index in [1.54, 1.807) is 23.3 Å². The zero-order valence-corrected chi connectivity index (χ0v) is 10.5. The molecule has 2 aromatic rings. The fourth-order valence-corrected chi connectivity index (χ4v) is 1.64. The first-order valence-corrected chi connectivity index (χ1v) is 5.86. The SMILES string of the molecule is CC(C)NC(=O)Cn1cnc(-c2cccnc2)c1. The van der Waals surface area contributed by atoms with Gasteiger partial charge < -0.3 is 9.88 Å². The summed E-state index contributed by atoms with van der Waals surface area (Å²) in [5.74, 6) is -0.0138. The maximum atomic E-state index is 11.6. The first-order chi connectivity index (χ1) is 8.65. The van der Waals surface area contributed by atoms with Crippen LogP contribution in [0.2, 0.25) is 0 Å². The molecule has 0 aromatic carbocycles. The van der Waals surface area contributed by atoms with Gasteiger partial charge >= 0.3 is 0 Å². The van der Waals surface area contributed by atoms with E-state index >= 15 is 0 Å². The summed E-state index contributed by atoms with van der Waals surface area (Å²) in [6.45, 7) is 4.16. The van der Waals surface area contributed by atoms with Crippen molar-refractivity contribution >= 4 is 5.91 Å². The maximum absolute atomic E-state index is 11.6. The van der Waals surface area contributed by atoms with Gasteiger partial charge in [-0.05, 0) is 26.0 Å². The van der Waals surface area contributed by atoms with Crippen molar-refractivity contribution in [1.29, 1.82) is 0 Å². The molecule has 0 saturated heterocycles. The quantitative estimate of drug-likeness (QED) is 0.886. The van der Waals surface area contributed by atoms with Gasteiger partial charge in [-0.25, -0.2) is 4.98 Å². The van der Waals surface area contributed by atoms with Crippen molar-refractivity contribution < 1.29 is 4.79 Å². The molecule has 0 atom stereocenters. The lowest BCUT2D eigenvalue weighted by atomic mass is 10.2. The predicted molar refractivity (Wildman–Crippen MR) is 68.7 cm³/mol. The first kappa shape index (κ1) is 12.3. The second kappa shape index (κ2) is 5.44. The molecule has 0 fully saturated rings. The standard InChI is InChI=1S/C13H16N4O/c1-10(2)16-13(18)8-17-7-12(15-9-17)11-4-3-5-14-6-11/h3-7,9-10H,8H2,1-2H3,(H,16,18). The summed E-state index contributed by atoms with van der Waals surface area (Å²) in [5, 5.41) is 2.84. The van der Waals surface area contributed by atoms with Crippen LogP contribution in [0.5, 0.6) is 0 Å². The van der Waals surface area contributed by atoms with Crippen molar-refractivity contribution in [3.05, 3.63) is 37.1 Å². The van der Waals surface area contributed by atoms with Gasteiger partial charge in [0.2, 0.25) is 5.91 Å². The minimum Gasteiger partial charge on any atom is -0.352 e. The third-order valence-electron chi connectivity index (χ3n) is 2.37. The summed E-state index contributed by atoms with van der Waals surface area (Å²) in [5.41, 5.74) is 1.76. The average Bonchev–Trinajstić information content (AvgIpc) is 2.77. The Kier molecular flexibility index (Phi) is 3.72. The van der Waals surface area contributed by atoms with Crippen LogP contribution in [0.3, 0.4) is 0 Å². The number of pyridine rings is 1. The molecule has 18 heavy (non-hydrogen) atoms. The molecule has 5 nitrogen and oxygen atoms in total. The molecule has 94 valence electrons. The van der Waals surface area contributed by atoms with Crippen molar-refractivity contribution in [2.24, 2.45) is 0 Å². The highest BCUT2D eigenvalue weighted by molar-refractivity contribution is 5.76. The number of aromatic nitrogens is 3. The van der Waals surface area contributed by atoms with Gasteiger partial charge in [-0.2, -0.15) is 0 Å². The zero-order chi connectivity index (χ0) is 13.0. The molecule has 0 aliphatic carbocycles. The Bertz CT molecular complexity index is 519. The Balaban J connectivity index is 2.05. The number of hydrogen-bond donors (Lipinski definition) is 1. The van der Waals surface area contributed by atoms with E-state index in [1.165, 1.54) is 0 Å². The lowest BCUT2D eigenvalue weighted by Gasteiger charge is -2.08. The Labute approximate surface area is 106 Å². The molecule has 1 N–H and O–H groups in total. The molecule has 5 heteroatoms. The zero-order valence-electron chi connectivity index (χ0n) is 10.5. The second-order valence-electron chi connectivity index (χ2n) is 4.40. The van der Waals surface area contributed by atoms with E-state index in [-0.39, 0.29) is 18.5 Å². The summed E-state index contributed by atoms with van der Waals surface area (Å²) in [4.78, 5) is 19.9. The minimum absolute atomic E-state index is 0.0138. The lowest BCUT2D eigenvalue weighted by molar-refractivity contribution is -0.122. The summed E-state index contributed by atoms with van der Waals surface area (Å²) < 4.78 is 1.76.